The monoisotopic (exact) mass is 347 g/mol. The third-order valence-corrected chi connectivity index (χ3v) is 4.93. The molecule has 1 N–H and O–H groups in total. The van der Waals surface area contributed by atoms with Gasteiger partial charge in [-0.2, -0.15) is 0 Å². The number of anilines is 1. The zero-order valence-electron chi connectivity index (χ0n) is 15.0. The highest BCUT2D eigenvalue weighted by atomic mass is 16.5. The fourth-order valence-electron chi connectivity index (χ4n) is 3.54. The van der Waals surface area contributed by atoms with Gasteiger partial charge in [0.25, 0.3) is 0 Å². The van der Waals surface area contributed by atoms with Gasteiger partial charge in [0.15, 0.2) is 0 Å². The minimum absolute atomic E-state index is 0.235. The van der Waals surface area contributed by atoms with E-state index in [1.165, 1.54) is 16.3 Å². The molecule has 0 amide bonds. The van der Waals surface area contributed by atoms with Crippen molar-refractivity contribution in [3.63, 3.8) is 0 Å². The molecule has 1 unspecified atom stereocenters. The van der Waals surface area contributed by atoms with Crippen molar-refractivity contribution < 1.29 is 9.47 Å². The van der Waals surface area contributed by atoms with E-state index < -0.39 is 0 Å². The fourth-order valence-corrected chi connectivity index (χ4v) is 3.54. The number of benzene rings is 3. The van der Waals surface area contributed by atoms with Crippen LogP contribution in [0.2, 0.25) is 0 Å². The number of rotatable bonds is 7. The highest BCUT2D eigenvalue weighted by molar-refractivity contribution is 5.85. The molecule has 0 bridgehead atoms. The van der Waals surface area contributed by atoms with Crippen molar-refractivity contribution >= 4 is 16.5 Å². The van der Waals surface area contributed by atoms with Gasteiger partial charge in [0.05, 0.1) is 11.8 Å². The Morgan fingerprint density at radius 1 is 0.962 bits per heavy atom. The number of hydrogen-bond donors (Lipinski definition) is 1. The van der Waals surface area contributed by atoms with Crippen LogP contribution in [0.15, 0.2) is 66.7 Å². The van der Waals surface area contributed by atoms with Crippen molar-refractivity contribution in [3.8, 4) is 5.75 Å². The summed E-state index contributed by atoms with van der Waals surface area (Å²) >= 11 is 0. The molecule has 1 saturated heterocycles. The van der Waals surface area contributed by atoms with Gasteiger partial charge in [0.2, 0.25) is 0 Å². The molecule has 4 rings (SSSR count). The van der Waals surface area contributed by atoms with Gasteiger partial charge in [0.1, 0.15) is 12.4 Å². The molecule has 134 valence electrons. The number of hydrogen-bond acceptors (Lipinski definition) is 3. The van der Waals surface area contributed by atoms with Gasteiger partial charge in [-0.05, 0) is 47.7 Å². The first-order valence-corrected chi connectivity index (χ1v) is 9.44. The number of para-hydroxylation sites is 2. The Hall–Kier alpha value is -2.52. The smallest absolute Gasteiger partial charge is 0.142 e. The van der Waals surface area contributed by atoms with Gasteiger partial charge in [-0.1, -0.05) is 54.6 Å². The molecule has 1 fully saturated rings. The Labute approximate surface area is 154 Å². The van der Waals surface area contributed by atoms with E-state index in [1.807, 2.05) is 18.2 Å². The predicted molar refractivity (Wildman–Crippen MR) is 107 cm³/mol. The van der Waals surface area contributed by atoms with E-state index in [2.05, 4.69) is 53.8 Å². The van der Waals surface area contributed by atoms with Crippen LogP contribution in [0.5, 0.6) is 5.75 Å². The molecule has 1 heterocycles. The second-order valence-electron chi connectivity index (χ2n) is 6.76. The molecule has 3 heteroatoms. The molecule has 3 aromatic carbocycles. The summed E-state index contributed by atoms with van der Waals surface area (Å²) in [5.41, 5.74) is 2.42. The summed E-state index contributed by atoms with van der Waals surface area (Å²) in [7, 11) is 0. The predicted octanol–water partition coefficient (Wildman–Crippen LogP) is 5.05. The molecule has 0 aromatic heterocycles. The van der Waals surface area contributed by atoms with Crippen molar-refractivity contribution in [1.82, 2.24) is 0 Å². The average Bonchev–Trinajstić information content (AvgIpc) is 3.21. The van der Waals surface area contributed by atoms with Gasteiger partial charge < -0.3 is 14.8 Å². The van der Waals surface area contributed by atoms with Gasteiger partial charge in [-0.15, -0.1) is 0 Å². The van der Waals surface area contributed by atoms with Crippen molar-refractivity contribution in [2.24, 2.45) is 0 Å². The van der Waals surface area contributed by atoms with Crippen LogP contribution in [0.4, 0.5) is 5.69 Å². The van der Waals surface area contributed by atoms with Crippen molar-refractivity contribution in [1.29, 1.82) is 0 Å². The lowest BCUT2D eigenvalue weighted by Crippen LogP contribution is -2.17. The minimum Gasteiger partial charge on any atom is -0.489 e. The lowest BCUT2D eigenvalue weighted by atomic mass is 10.0. The maximum absolute atomic E-state index is 6.01. The normalized spacial score (nSPS) is 16.7. The Bertz CT molecular complexity index is 850. The Morgan fingerprint density at radius 2 is 1.81 bits per heavy atom. The quantitative estimate of drug-likeness (QED) is 0.648. The van der Waals surface area contributed by atoms with Crippen LogP contribution in [0.25, 0.3) is 10.8 Å². The van der Waals surface area contributed by atoms with E-state index in [1.54, 1.807) is 0 Å². The Kier molecular flexibility index (Phi) is 5.36. The molecule has 1 aliphatic heterocycles. The van der Waals surface area contributed by atoms with Crippen LogP contribution >= 0.6 is 0 Å². The molecular weight excluding hydrogens is 322 g/mol. The second-order valence-corrected chi connectivity index (χ2v) is 6.76. The van der Waals surface area contributed by atoms with Crippen LogP contribution in [0.3, 0.4) is 0 Å². The summed E-state index contributed by atoms with van der Waals surface area (Å²) < 4.78 is 11.7. The Balaban J connectivity index is 1.38. The first-order valence-electron chi connectivity index (χ1n) is 9.44. The van der Waals surface area contributed by atoms with Gasteiger partial charge in [-0.25, -0.2) is 0 Å². The SMILES string of the molecule is c1ccc(OCC2CCCO2)c(NCCc2cccc3ccccc23)c1. The molecule has 26 heavy (non-hydrogen) atoms. The molecule has 0 saturated carbocycles. The summed E-state index contributed by atoms with van der Waals surface area (Å²) in [5, 5.41) is 6.17. The van der Waals surface area contributed by atoms with Crippen LogP contribution < -0.4 is 10.1 Å². The van der Waals surface area contributed by atoms with E-state index in [0.29, 0.717) is 6.61 Å². The lowest BCUT2D eigenvalue weighted by molar-refractivity contribution is 0.0682. The van der Waals surface area contributed by atoms with Crippen molar-refractivity contribution in [3.05, 3.63) is 72.3 Å². The lowest BCUT2D eigenvalue weighted by Gasteiger charge is -2.16. The summed E-state index contributed by atoms with van der Waals surface area (Å²) in [5.74, 6) is 0.904. The van der Waals surface area contributed by atoms with Gasteiger partial charge >= 0.3 is 0 Å². The third kappa shape index (κ3) is 4.00. The summed E-state index contributed by atoms with van der Waals surface area (Å²) in [4.78, 5) is 0. The molecule has 1 atom stereocenters. The standard InChI is InChI=1S/C23H25NO2/c1-2-11-21-18(7-1)8-5-9-19(21)14-15-24-22-12-3-4-13-23(22)26-17-20-10-6-16-25-20/h1-5,7-9,11-13,20,24H,6,10,14-17H2. The zero-order valence-corrected chi connectivity index (χ0v) is 15.0. The van der Waals surface area contributed by atoms with E-state index in [4.69, 9.17) is 9.47 Å². The van der Waals surface area contributed by atoms with E-state index in [-0.39, 0.29) is 6.10 Å². The third-order valence-electron chi connectivity index (χ3n) is 4.93. The topological polar surface area (TPSA) is 30.5 Å². The molecule has 0 aliphatic carbocycles. The van der Waals surface area contributed by atoms with E-state index in [0.717, 1.165) is 43.9 Å². The van der Waals surface area contributed by atoms with Gasteiger partial charge in [-0.3, -0.25) is 0 Å². The largest absolute Gasteiger partial charge is 0.489 e. The maximum atomic E-state index is 6.01. The average molecular weight is 347 g/mol. The van der Waals surface area contributed by atoms with Crippen LogP contribution in [0.1, 0.15) is 18.4 Å². The van der Waals surface area contributed by atoms with E-state index in [9.17, 15) is 0 Å². The summed E-state index contributed by atoms with van der Waals surface area (Å²) in [6.45, 7) is 2.36. The highest BCUT2D eigenvalue weighted by Crippen LogP contribution is 2.25. The molecular formula is C23H25NO2. The second kappa shape index (κ2) is 8.24. The summed E-state index contributed by atoms with van der Waals surface area (Å²) in [6, 6.07) is 23.2. The minimum atomic E-state index is 0.235. The summed E-state index contributed by atoms with van der Waals surface area (Å²) in [6.07, 6.45) is 3.44. The van der Waals surface area contributed by atoms with Crippen LogP contribution in [0, 0.1) is 0 Å². The number of nitrogens with one attached hydrogen (secondary N) is 1. The molecule has 0 spiro atoms. The van der Waals surface area contributed by atoms with E-state index >= 15 is 0 Å². The number of fused-ring (bicyclic) bond motifs is 1. The Morgan fingerprint density at radius 3 is 2.73 bits per heavy atom. The molecule has 0 radical (unpaired) electrons. The van der Waals surface area contributed by atoms with Crippen molar-refractivity contribution in [2.75, 3.05) is 25.1 Å². The number of ether oxygens (including phenoxy) is 2. The first-order chi connectivity index (χ1) is 12.9. The maximum Gasteiger partial charge on any atom is 0.142 e. The van der Waals surface area contributed by atoms with Crippen LogP contribution in [-0.2, 0) is 11.2 Å². The highest BCUT2D eigenvalue weighted by Gasteiger charge is 2.16. The molecule has 3 nitrogen and oxygen atoms in total. The van der Waals surface area contributed by atoms with Crippen LogP contribution in [-0.4, -0.2) is 25.9 Å². The zero-order chi connectivity index (χ0) is 17.6. The van der Waals surface area contributed by atoms with Gasteiger partial charge in [0, 0.05) is 13.2 Å². The fraction of sp³-hybridized carbons (Fsp3) is 0.304. The molecule has 3 aromatic rings. The van der Waals surface area contributed by atoms with Crippen molar-refractivity contribution in [2.45, 2.75) is 25.4 Å². The first kappa shape index (κ1) is 16.9. The molecule has 1 aliphatic rings.